The summed E-state index contributed by atoms with van der Waals surface area (Å²) in [6, 6.07) is 18.1. The summed E-state index contributed by atoms with van der Waals surface area (Å²) in [7, 11) is -2.40. The average Bonchev–Trinajstić information content (AvgIpc) is 3.17. The van der Waals surface area contributed by atoms with E-state index in [4.69, 9.17) is 14.0 Å². The van der Waals surface area contributed by atoms with Crippen molar-refractivity contribution in [2.75, 3.05) is 20.0 Å². The lowest BCUT2D eigenvalue weighted by Gasteiger charge is -2.34. The van der Waals surface area contributed by atoms with Gasteiger partial charge in [0.1, 0.15) is 23.3 Å². The first kappa shape index (κ1) is 46.1. The minimum atomic E-state index is -3.76. The number of hydrogen-bond acceptors (Lipinski definition) is 6. The largest absolute Gasteiger partial charge is 0.508 e. The van der Waals surface area contributed by atoms with Crippen LogP contribution in [0.25, 0.3) is 0 Å². The Bertz CT molecular complexity index is 1570. The Hall–Kier alpha value is -3.28. The Kier molecular flexibility index (Phi) is 21.0. The third kappa shape index (κ3) is 16.0. The molecule has 0 aliphatic heterocycles. The number of hydrogen-bond donors (Lipinski definition) is 1. The SMILES string of the molecule is CCCCCCCCCCCCCCCCCCN([C@@H](C)C(=O)OC)P(=O)(COc1cc(C)c(Cc2ccc(O)c(C(C)C)c2)c(C)c1)Oc1ccccc1. The molecule has 2 atom stereocenters. The van der Waals surface area contributed by atoms with Crippen LogP contribution in [-0.4, -0.2) is 41.8 Å². The number of aryl methyl sites for hydroxylation is 2. The lowest BCUT2D eigenvalue weighted by Crippen LogP contribution is -2.40. The van der Waals surface area contributed by atoms with Crippen molar-refractivity contribution in [2.24, 2.45) is 0 Å². The van der Waals surface area contributed by atoms with Gasteiger partial charge in [-0.25, -0.2) is 4.67 Å². The molecule has 0 aromatic heterocycles. The highest BCUT2D eigenvalue weighted by molar-refractivity contribution is 7.56. The van der Waals surface area contributed by atoms with E-state index in [-0.39, 0.29) is 12.3 Å². The van der Waals surface area contributed by atoms with Gasteiger partial charge in [0.2, 0.25) is 0 Å². The number of aromatic hydroxyl groups is 1. The van der Waals surface area contributed by atoms with Gasteiger partial charge in [-0.3, -0.25) is 9.36 Å². The molecular weight excluding hydrogens is 705 g/mol. The van der Waals surface area contributed by atoms with Crippen LogP contribution in [-0.2, 0) is 20.5 Å². The third-order valence-electron chi connectivity index (χ3n) is 10.8. The van der Waals surface area contributed by atoms with Crippen molar-refractivity contribution in [1.82, 2.24) is 4.67 Å². The second-order valence-electron chi connectivity index (χ2n) is 15.7. The third-order valence-corrected chi connectivity index (χ3v) is 13.1. The van der Waals surface area contributed by atoms with Gasteiger partial charge < -0.3 is 19.1 Å². The average molecular weight is 778 g/mol. The van der Waals surface area contributed by atoms with Gasteiger partial charge in [-0.2, -0.15) is 0 Å². The summed E-state index contributed by atoms with van der Waals surface area (Å²) in [5.41, 5.74) is 5.36. The molecule has 306 valence electrons. The number of benzene rings is 3. The highest BCUT2D eigenvalue weighted by Gasteiger charge is 2.40. The van der Waals surface area contributed by atoms with Crippen LogP contribution in [0.3, 0.4) is 0 Å². The maximum atomic E-state index is 15.1. The molecule has 0 amide bonds. The van der Waals surface area contributed by atoms with E-state index in [1.54, 1.807) is 29.8 Å². The van der Waals surface area contributed by atoms with Gasteiger partial charge in [0.15, 0.2) is 6.35 Å². The molecule has 3 aromatic carbocycles. The highest BCUT2D eigenvalue weighted by Crippen LogP contribution is 2.52. The predicted octanol–water partition coefficient (Wildman–Crippen LogP) is 13.5. The number of carbonyl (C=O) groups is 1. The molecule has 0 saturated heterocycles. The Labute approximate surface area is 334 Å². The van der Waals surface area contributed by atoms with Gasteiger partial charge in [-0.15, -0.1) is 0 Å². The molecule has 1 N–H and O–H groups in total. The van der Waals surface area contributed by atoms with Crippen molar-refractivity contribution < 1.29 is 28.5 Å². The molecule has 8 heteroatoms. The number of methoxy groups -OCH3 is 1. The molecule has 0 aliphatic carbocycles. The van der Waals surface area contributed by atoms with Gasteiger partial charge in [0.05, 0.1) is 7.11 Å². The number of phenols is 1. The Morgan fingerprint density at radius 1 is 0.727 bits per heavy atom. The number of para-hydroxylation sites is 1. The number of phenolic OH excluding ortho intramolecular Hbond substituents is 1. The number of carbonyl (C=O) groups excluding carboxylic acids is 1. The molecule has 0 bridgehead atoms. The zero-order chi connectivity index (χ0) is 40.1. The quantitative estimate of drug-likeness (QED) is 0.0446. The monoisotopic (exact) mass is 778 g/mol. The van der Waals surface area contributed by atoms with Gasteiger partial charge in [-0.05, 0) is 97.7 Å². The maximum absolute atomic E-state index is 15.1. The van der Waals surface area contributed by atoms with Gasteiger partial charge in [-0.1, -0.05) is 147 Å². The lowest BCUT2D eigenvalue weighted by molar-refractivity contribution is -0.144. The van der Waals surface area contributed by atoms with Crippen molar-refractivity contribution in [1.29, 1.82) is 0 Å². The topological polar surface area (TPSA) is 85.3 Å². The summed E-state index contributed by atoms with van der Waals surface area (Å²) in [5.74, 6) is 1.14. The van der Waals surface area contributed by atoms with Crippen LogP contribution in [0.5, 0.6) is 17.2 Å². The second-order valence-corrected chi connectivity index (χ2v) is 18.0. The molecular formula is C47H72NO6P. The van der Waals surface area contributed by atoms with Crippen LogP contribution in [0.4, 0.5) is 0 Å². The first-order chi connectivity index (χ1) is 26.5. The van der Waals surface area contributed by atoms with E-state index in [9.17, 15) is 9.90 Å². The zero-order valence-corrected chi connectivity index (χ0v) is 36.1. The maximum Gasteiger partial charge on any atom is 0.356 e. The molecule has 0 fully saturated rings. The van der Waals surface area contributed by atoms with Crippen LogP contribution in [0.2, 0.25) is 0 Å². The van der Waals surface area contributed by atoms with Crippen LogP contribution >= 0.6 is 7.52 Å². The first-order valence-corrected chi connectivity index (χ1v) is 23.0. The number of ether oxygens (including phenoxy) is 2. The Morgan fingerprint density at radius 2 is 1.25 bits per heavy atom. The highest BCUT2D eigenvalue weighted by atomic mass is 31.2. The summed E-state index contributed by atoms with van der Waals surface area (Å²) >= 11 is 0. The van der Waals surface area contributed by atoms with Crippen molar-refractivity contribution in [2.45, 2.75) is 163 Å². The summed E-state index contributed by atoms with van der Waals surface area (Å²) < 4.78 is 34.5. The van der Waals surface area contributed by atoms with E-state index < -0.39 is 19.5 Å². The summed E-state index contributed by atoms with van der Waals surface area (Å²) in [4.78, 5) is 13.0. The minimum Gasteiger partial charge on any atom is -0.508 e. The Balaban J connectivity index is 1.62. The number of rotatable bonds is 28. The van der Waals surface area contributed by atoms with Crippen LogP contribution in [0, 0.1) is 13.8 Å². The molecule has 0 radical (unpaired) electrons. The van der Waals surface area contributed by atoms with Crippen molar-refractivity contribution in [3.8, 4) is 17.2 Å². The van der Waals surface area contributed by atoms with Crippen LogP contribution in [0.1, 0.15) is 164 Å². The lowest BCUT2D eigenvalue weighted by atomic mass is 9.93. The molecule has 0 aliphatic rings. The molecule has 0 heterocycles. The minimum absolute atomic E-state index is 0.220. The summed E-state index contributed by atoms with van der Waals surface area (Å²) in [6.45, 7) is 12.7. The summed E-state index contributed by atoms with van der Waals surface area (Å²) in [6.07, 6.45) is 20.8. The first-order valence-electron chi connectivity index (χ1n) is 21.2. The van der Waals surface area contributed by atoms with Crippen molar-refractivity contribution in [3.05, 3.63) is 88.5 Å². The fourth-order valence-corrected chi connectivity index (χ4v) is 9.51. The second kappa shape index (κ2) is 25.1. The standard InChI is InChI=1S/C47H72NO6P/c1-8-9-10-11-12-13-14-15-16-17-18-19-20-21-22-26-31-48(40(6)47(50)52-7)55(51,54-42-27-24-23-25-28-42)36-53-43-32-38(4)45(39(5)33-43)35-41-29-30-46(49)44(34-41)37(2)3/h23-25,27-30,32-34,37,40,49H,8-22,26,31,35-36H2,1-7H3/t40-,55?/m0/s1. The predicted molar refractivity (Wildman–Crippen MR) is 229 cm³/mol. The fourth-order valence-electron chi connectivity index (χ4n) is 7.38. The number of nitrogens with zero attached hydrogens (tertiary/aromatic N) is 1. The molecule has 0 spiro atoms. The zero-order valence-electron chi connectivity index (χ0n) is 35.2. The summed E-state index contributed by atoms with van der Waals surface area (Å²) in [5, 5.41) is 10.3. The number of unbranched alkanes of at least 4 members (excludes halogenated alkanes) is 15. The molecule has 7 nitrogen and oxygen atoms in total. The van der Waals surface area contributed by atoms with Crippen molar-refractivity contribution >= 4 is 13.5 Å². The van der Waals surface area contributed by atoms with Crippen LogP contribution < -0.4 is 9.26 Å². The van der Waals surface area contributed by atoms with Crippen molar-refractivity contribution in [3.63, 3.8) is 0 Å². The van der Waals surface area contributed by atoms with E-state index in [0.29, 0.717) is 23.8 Å². The van der Waals surface area contributed by atoms with E-state index in [1.165, 1.54) is 96.1 Å². The normalized spacial score (nSPS) is 13.2. The van der Waals surface area contributed by atoms with E-state index >= 15 is 4.57 Å². The van der Waals surface area contributed by atoms with Gasteiger partial charge in [0.25, 0.3) is 0 Å². The molecule has 1 unspecified atom stereocenters. The molecule has 55 heavy (non-hydrogen) atoms. The van der Waals surface area contributed by atoms with Gasteiger partial charge in [0, 0.05) is 6.54 Å². The van der Waals surface area contributed by atoms with E-state index in [1.807, 2.05) is 36.4 Å². The van der Waals surface area contributed by atoms with E-state index in [2.05, 4.69) is 40.7 Å². The Morgan fingerprint density at radius 3 is 1.76 bits per heavy atom. The molecule has 3 aromatic rings. The smallest absolute Gasteiger partial charge is 0.356 e. The number of esters is 1. The molecule has 0 saturated carbocycles. The molecule has 3 rings (SSSR count). The fraction of sp³-hybridized carbons (Fsp3) is 0.596. The van der Waals surface area contributed by atoms with Gasteiger partial charge >= 0.3 is 13.5 Å². The van der Waals surface area contributed by atoms with Crippen LogP contribution in [0.15, 0.2) is 60.7 Å². The van der Waals surface area contributed by atoms with E-state index in [0.717, 1.165) is 47.9 Å².